The van der Waals surface area contributed by atoms with E-state index in [0.29, 0.717) is 16.9 Å². The molecule has 0 aliphatic carbocycles. The highest BCUT2D eigenvalue weighted by molar-refractivity contribution is 5.67. The molecule has 26 heavy (non-hydrogen) atoms. The fourth-order valence-corrected chi connectivity index (χ4v) is 2.54. The van der Waals surface area contributed by atoms with Crippen molar-refractivity contribution < 1.29 is 17.9 Å². The maximum Gasteiger partial charge on any atom is 0.416 e. The standard InChI is InChI=1S/C18H11F3N4O/c19-18(20,21)12-6-8-13(9-7-12)26-17-14(3-2-10-22-17)15-4-1-5-16-23-11-24-25(15)16/h1-11H. The van der Waals surface area contributed by atoms with Crippen LogP contribution in [-0.4, -0.2) is 19.6 Å². The number of nitrogens with zero attached hydrogens (tertiary/aromatic N) is 4. The molecule has 1 aromatic carbocycles. The second-order valence-corrected chi connectivity index (χ2v) is 5.42. The number of hydrogen-bond acceptors (Lipinski definition) is 4. The largest absolute Gasteiger partial charge is 0.438 e. The number of ether oxygens (including phenoxy) is 1. The Bertz CT molecular complexity index is 1060. The summed E-state index contributed by atoms with van der Waals surface area (Å²) < 4.78 is 45.4. The van der Waals surface area contributed by atoms with E-state index < -0.39 is 11.7 Å². The minimum Gasteiger partial charge on any atom is -0.438 e. The Labute approximate surface area is 145 Å². The third-order valence-electron chi connectivity index (χ3n) is 3.74. The van der Waals surface area contributed by atoms with Crippen LogP contribution in [0.3, 0.4) is 0 Å². The summed E-state index contributed by atoms with van der Waals surface area (Å²) >= 11 is 0. The fourth-order valence-electron chi connectivity index (χ4n) is 2.54. The number of benzene rings is 1. The molecule has 0 amide bonds. The van der Waals surface area contributed by atoms with Crippen LogP contribution in [0.15, 0.2) is 67.1 Å². The van der Waals surface area contributed by atoms with Gasteiger partial charge in [0.1, 0.15) is 12.1 Å². The smallest absolute Gasteiger partial charge is 0.416 e. The van der Waals surface area contributed by atoms with Crippen LogP contribution < -0.4 is 4.74 Å². The number of hydrogen-bond donors (Lipinski definition) is 0. The molecule has 4 rings (SSSR count). The molecule has 0 spiro atoms. The summed E-state index contributed by atoms with van der Waals surface area (Å²) in [6.07, 6.45) is -1.41. The monoisotopic (exact) mass is 356 g/mol. The lowest BCUT2D eigenvalue weighted by Gasteiger charge is -2.12. The highest BCUT2D eigenvalue weighted by atomic mass is 19.4. The van der Waals surface area contributed by atoms with Gasteiger partial charge in [0, 0.05) is 6.20 Å². The highest BCUT2D eigenvalue weighted by Gasteiger charge is 2.30. The molecule has 0 atom stereocenters. The van der Waals surface area contributed by atoms with Crippen LogP contribution in [0.4, 0.5) is 13.2 Å². The number of fused-ring (bicyclic) bond motifs is 1. The molecular formula is C18H11F3N4O. The topological polar surface area (TPSA) is 52.3 Å². The summed E-state index contributed by atoms with van der Waals surface area (Å²) in [6, 6.07) is 13.5. The van der Waals surface area contributed by atoms with Crippen LogP contribution in [0, 0.1) is 0 Å². The lowest BCUT2D eigenvalue weighted by atomic mass is 10.1. The van der Waals surface area contributed by atoms with E-state index in [9.17, 15) is 13.2 Å². The van der Waals surface area contributed by atoms with Crippen molar-refractivity contribution in [2.75, 3.05) is 0 Å². The Morgan fingerprint density at radius 1 is 0.885 bits per heavy atom. The van der Waals surface area contributed by atoms with Crippen molar-refractivity contribution in [1.29, 1.82) is 0 Å². The summed E-state index contributed by atoms with van der Waals surface area (Å²) in [5, 5.41) is 4.18. The molecule has 0 aliphatic heterocycles. The first kappa shape index (κ1) is 16.1. The molecule has 0 N–H and O–H groups in total. The van der Waals surface area contributed by atoms with Crippen molar-refractivity contribution in [2.45, 2.75) is 6.18 Å². The van der Waals surface area contributed by atoms with Crippen molar-refractivity contribution in [3.63, 3.8) is 0 Å². The molecule has 0 saturated carbocycles. The van der Waals surface area contributed by atoms with Gasteiger partial charge in [0.15, 0.2) is 5.65 Å². The summed E-state index contributed by atoms with van der Waals surface area (Å²) in [5.74, 6) is 0.513. The molecule has 0 bridgehead atoms. The van der Waals surface area contributed by atoms with Crippen molar-refractivity contribution in [2.24, 2.45) is 0 Å². The lowest BCUT2D eigenvalue weighted by Crippen LogP contribution is -2.04. The fraction of sp³-hybridized carbons (Fsp3) is 0.0556. The molecule has 0 radical (unpaired) electrons. The Hall–Kier alpha value is -3.42. The zero-order valence-corrected chi connectivity index (χ0v) is 13.2. The van der Waals surface area contributed by atoms with Gasteiger partial charge in [-0.25, -0.2) is 14.5 Å². The van der Waals surface area contributed by atoms with Gasteiger partial charge in [0.25, 0.3) is 0 Å². The Morgan fingerprint density at radius 3 is 2.46 bits per heavy atom. The van der Waals surface area contributed by atoms with Gasteiger partial charge in [-0.2, -0.15) is 18.3 Å². The maximum absolute atomic E-state index is 12.7. The van der Waals surface area contributed by atoms with Gasteiger partial charge < -0.3 is 4.74 Å². The second kappa shape index (κ2) is 6.14. The molecule has 5 nitrogen and oxygen atoms in total. The molecule has 4 aromatic rings. The van der Waals surface area contributed by atoms with E-state index in [0.717, 1.165) is 12.1 Å². The van der Waals surface area contributed by atoms with Gasteiger partial charge in [-0.3, -0.25) is 0 Å². The molecule has 0 aliphatic rings. The van der Waals surface area contributed by atoms with Gasteiger partial charge >= 0.3 is 6.18 Å². The number of alkyl halides is 3. The third kappa shape index (κ3) is 2.97. The van der Waals surface area contributed by atoms with Crippen LogP contribution in [0.2, 0.25) is 0 Å². The molecule has 3 aromatic heterocycles. The predicted octanol–water partition coefficient (Wildman–Crippen LogP) is 4.60. The van der Waals surface area contributed by atoms with E-state index in [1.807, 2.05) is 18.2 Å². The van der Waals surface area contributed by atoms with Gasteiger partial charge in [0.2, 0.25) is 5.88 Å². The zero-order valence-electron chi connectivity index (χ0n) is 13.2. The van der Waals surface area contributed by atoms with Crippen LogP contribution in [0.1, 0.15) is 5.56 Å². The number of halogens is 3. The van der Waals surface area contributed by atoms with Gasteiger partial charge in [-0.15, -0.1) is 0 Å². The third-order valence-corrected chi connectivity index (χ3v) is 3.74. The number of rotatable bonds is 3. The first-order valence-corrected chi connectivity index (χ1v) is 7.61. The minimum atomic E-state index is -4.39. The Morgan fingerprint density at radius 2 is 1.69 bits per heavy atom. The average Bonchev–Trinajstić information content (AvgIpc) is 3.11. The van der Waals surface area contributed by atoms with Crippen molar-refractivity contribution in [1.82, 2.24) is 19.6 Å². The van der Waals surface area contributed by atoms with Crippen molar-refractivity contribution >= 4 is 5.65 Å². The van der Waals surface area contributed by atoms with E-state index in [1.165, 1.54) is 18.5 Å². The quantitative estimate of drug-likeness (QED) is 0.538. The number of pyridine rings is 2. The summed E-state index contributed by atoms with van der Waals surface area (Å²) in [6.45, 7) is 0. The van der Waals surface area contributed by atoms with Crippen LogP contribution in [-0.2, 0) is 6.18 Å². The van der Waals surface area contributed by atoms with Crippen molar-refractivity contribution in [3.05, 3.63) is 72.7 Å². The normalized spacial score (nSPS) is 11.7. The molecule has 8 heteroatoms. The summed E-state index contributed by atoms with van der Waals surface area (Å²) in [4.78, 5) is 8.34. The van der Waals surface area contributed by atoms with Crippen LogP contribution in [0.5, 0.6) is 11.6 Å². The minimum absolute atomic E-state index is 0.253. The van der Waals surface area contributed by atoms with E-state index in [-0.39, 0.29) is 11.6 Å². The zero-order chi connectivity index (χ0) is 18.1. The van der Waals surface area contributed by atoms with Gasteiger partial charge in [-0.1, -0.05) is 6.07 Å². The summed E-state index contributed by atoms with van der Waals surface area (Å²) in [7, 11) is 0. The summed E-state index contributed by atoms with van der Waals surface area (Å²) in [5.41, 5.74) is 1.27. The van der Waals surface area contributed by atoms with Gasteiger partial charge in [0.05, 0.1) is 16.8 Å². The molecule has 3 heterocycles. The average molecular weight is 356 g/mol. The lowest BCUT2D eigenvalue weighted by molar-refractivity contribution is -0.137. The first-order valence-electron chi connectivity index (χ1n) is 7.61. The Balaban J connectivity index is 1.72. The van der Waals surface area contributed by atoms with Crippen molar-refractivity contribution in [3.8, 4) is 22.9 Å². The van der Waals surface area contributed by atoms with Gasteiger partial charge in [-0.05, 0) is 48.5 Å². The van der Waals surface area contributed by atoms with E-state index >= 15 is 0 Å². The molecule has 0 saturated heterocycles. The van der Waals surface area contributed by atoms with E-state index in [4.69, 9.17) is 4.74 Å². The SMILES string of the molecule is FC(F)(F)c1ccc(Oc2ncccc2-c2cccc3ncnn23)cc1. The maximum atomic E-state index is 12.7. The van der Waals surface area contributed by atoms with E-state index in [2.05, 4.69) is 15.1 Å². The second-order valence-electron chi connectivity index (χ2n) is 5.42. The molecule has 130 valence electrons. The molecule has 0 fully saturated rings. The predicted molar refractivity (Wildman–Crippen MR) is 87.7 cm³/mol. The van der Waals surface area contributed by atoms with Crippen LogP contribution >= 0.6 is 0 Å². The van der Waals surface area contributed by atoms with E-state index in [1.54, 1.807) is 22.8 Å². The Kier molecular flexibility index (Phi) is 3.80. The molecular weight excluding hydrogens is 345 g/mol. The number of aromatic nitrogens is 4. The first-order chi connectivity index (χ1) is 12.5. The molecule has 0 unspecified atom stereocenters. The van der Waals surface area contributed by atoms with Crippen LogP contribution in [0.25, 0.3) is 16.9 Å². The highest BCUT2D eigenvalue weighted by Crippen LogP contribution is 2.34.